The molecule has 2 rings (SSSR count). The molecule has 3 nitrogen and oxygen atoms in total. The van der Waals surface area contributed by atoms with Gasteiger partial charge in [0.15, 0.2) is 0 Å². The molecule has 0 aliphatic rings. The molecule has 2 aromatic rings. The normalized spacial score (nSPS) is 11.3. The van der Waals surface area contributed by atoms with Crippen molar-refractivity contribution >= 4 is 5.97 Å². The van der Waals surface area contributed by atoms with Gasteiger partial charge in [-0.1, -0.05) is 12.1 Å². The van der Waals surface area contributed by atoms with Gasteiger partial charge in [0, 0.05) is 0 Å². The summed E-state index contributed by atoms with van der Waals surface area (Å²) in [6, 6.07) is 7.90. The van der Waals surface area contributed by atoms with Crippen LogP contribution >= 0.6 is 0 Å². The minimum Gasteiger partial charge on any atom is -0.508 e. The number of aromatic hydroxyl groups is 1. The van der Waals surface area contributed by atoms with E-state index in [4.69, 9.17) is 5.11 Å². The highest BCUT2D eigenvalue weighted by Crippen LogP contribution is 2.33. The quantitative estimate of drug-likeness (QED) is 0.881. The first-order valence-corrected chi connectivity index (χ1v) is 5.52. The second kappa shape index (κ2) is 4.88. The van der Waals surface area contributed by atoms with E-state index in [0.717, 1.165) is 18.2 Å². The van der Waals surface area contributed by atoms with E-state index in [0.29, 0.717) is 0 Å². The Labute approximate surface area is 111 Å². The first kappa shape index (κ1) is 13.9. The van der Waals surface area contributed by atoms with Crippen LogP contribution in [0.3, 0.4) is 0 Å². The van der Waals surface area contributed by atoms with Gasteiger partial charge in [0.25, 0.3) is 0 Å². The SMILES string of the molecule is O=C(O)c1cc(O)cc(-c2cccc(C(F)(F)F)c2)c1. The summed E-state index contributed by atoms with van der Waals surface area (Å²) in [7, 11) is 0. The Bertz CT molecular complexity index is 663. The maximum Gasteiger partial charge on any atom is 0.416 e. The van der Waals surface area contributed by atoms with Crippen LogP contribution in [0.5, 0.6) is 5.75 Å². The van der Waals surface area contributed by atoms with Gasteiger partial charge < -0.3 is 10.2 Å². The number of hydrogen-bond acceptors (Lipinski definition) is 2. The van der Waals surface area contributed by atoms with Gasteiger partial charge in [0.2, 0.25) is 0 Å². The molecule has 0 amide bonds. The standard InChI is InChI=1S/C14H9F3O3/c15-14(16,17)11-3-1-2-8(5-11)9-4-10(13(19)20)7-12(18)6-9/h1-7,18H,(H,19,20). The highest BCUT2D eigenvalue weighted by atomic mass is 19.4. The fourth-order valence-corrected chi connectivity index (χ4v) is 1.78. The van der Waals surface area contributed by atoms with Crippen molar-refractivity contribution in [2.24, 2.45) is 0 Å². The molecule has 2 aromatic carbocycles. The van der Waals surface area contributed by atoms with Gasteiger partial charge in [-0.3, -0.25) is 0 Å². The van der Waals surface area contributed by atoms with Crippen molar-refractivity contribution in [2.45, 2.75) is 6.18 Å². The lowest BCUT2D eigenvalue weighted by atomic mass is 10.0. The number of carbonyl (C=O) groups is 1. The molecule has 0 radical (unpaired) electrons. The number of carboxylic acids is 1. The summed E-state index contributed by atoms with van der Waals surface area (Å²) < 4.78 is 37.9. The van der Waals surface area contributed by atoms with Gasteiger partial charge in [-0.05, 0) is 41.5 Å². The molecule has 0 aromatic heterocycles. The van der Waals surface area contributed by atoms with Crippen LogP contribution in [0.25, 0.3) is 11.1 Å². The largest absolute Gasteiger partial charge is 0.508 e. The summed E-state index contributed by atoms with van der Waals surface area (Å²) in [6.45, 7) is 0. The maximum atomic E-state index is 12.6. The van der Waals surface area contributed by atoms with E-state index < -0.39 is 17.7 Å². The summed E-state index contributed by atoms with van der Waals surface area (Å²) >= 11 is 0. The highest BCUT2D eigenvalue weighted by molar-refractivity contribution is 5.90. The van der Waals surface area contributed by atoms with Gasteiger partial charge in [-0.25, -0.2) is 4.79 Å². The smallest absolute Gasteiger partial charge is 0.416 e. The van der Waals surface area contributed by atoms with Crippen LogP contribution in [0.1, 0.15) is 15.9 Å². The van der Waals surface area contributed by atoms with Crippen LogP contribution in [-0.4, -0.2) is 16.2 Å². The molecule has 0 fully saturated rings. The number of alkyl halides is 3. The summed E-state index contributed by atoms with van der Waals surface area (Å²) in [5, 5.41) is 18.3. The first-order valence-electron chi connectivity index (χ1n) is 5.52. The molecule has 6 heteroatoms. The Hall–Kier alpha value is -2.50. The Morgan fingerprint density at radius 2 is 1.70 bits per heavy atom. The predicted octanol–water partition coefficient (Wildman–Crippen LogP) is 3.78. The van der Waals surface area contributed by atoms with Gasteiger partial charge in [0.05, 0.1) is 11.1 Å². The van der Waals surface area contributed by atoms with E-state index in [9.17, 15) is 23.1 Å². The van der Waals surface area contributed by atoms with E-state index in [1.165, 1.54) is 24.3 Å². The number of carboxylic acid groups (broad SMARTS) is 1. The lowest BCUT2D eigenvalue weighted by Gasteiger charge is -2.09. The van der Waals surface area contributed by atoms with Crippen molar-refractivity contribution in [2.75, 3.05) is 0 Å². The van der Waals surface area contributed by atoms with E-state index in [1.54, 1.807) is 0 Å². The molecule has 0 heterocycles. The molecule has 20 heavy (non-hydrogen) atoms. The minimum absolute atomic E-state index is 0.179. The van der Waals surface area contributed by atoms with Gasteiger partial charge >= 0.3 is 12.1 Å². The lowest BCUT2D eigenvalue weighted by Crippen LogP contribution is -2.04. The van der Waals surface area contributed by atoms with Crippen LogP contribution in [0.4, 0.5) is 13.2 Å². The predicted molar refractivity (Wildman–Crippen MR) is 65.5 cm³/mol. The molecule has 0 aliphatic heterocycles. The molecule has 0 atom stereocenters. The monoisotopic (exact) mass is 282 g/mol. The summed E-state index contributed by atoms with van der Waals surface area (Å²) in [4.78, 5) is 10.9. The number of phenols is 1. The van der Waals surface area contributed by atoms with Crippen molar-refractivity contribution in [3.63, 3.8) is 0 Å². The molecule has 0 aliphatic carbocycles. The zero-order valence-corrected chi connectivity index (χ0v) is 9.98. The number of aromatic carboxylic acids is 1. The van der Waals surface area contributed by atoms with E-state index in [1.807, 2.05) is 0 Å². The van der Waals surface area contributed by atoms with E-state index >= 15 is 0 Å². The van der Waals surface area contributed by atoms with Gasteiger partial charge in [-0.15, -0.1) is 0 Å². The molecule has 0 saturated heterocycles. The summed E-state index contributed by atoms with van der Waals surface area (Å²) in [5.74, 6) is -1.59. The van der Waals surface area contributed by atoms with Crippen molar-refractivity contribution in [3.05, 3.63) is 53.6 Å². The van der Waals surface area contributed by atoms with E-state index in [2.05, 4.69) is 0 Å². The van der Waals surface area contributed by atoms with Crippen LogP contribution < -0.4 is 0 Å². The summed E-state index contributed by atoms with van der Waals surface area (Å²) in [6.07, 6.45) is -4.48. The minimum atomic E-state index is -4.48. The molecular formula is C14H9F3O3. The molecule has 104 valence electrons. The Morgan fingerprint density at radius 3 is 2.30 bits per heavy atom. The summed E-state index contributed by atoms with van der Waals surface area (Å²) in [5.41, 5.74) is -0.653. The molecule has 2 N–H and O–H groups in total. The van der Waals surface area contributed by atoms with Crippen molar-refractivity contribution in [1.82, 2.24) is 0 Å². The Kier molecular flexibility index (Phi) is 3.40. The van der Waals surface area contributed by atoms with Crippen molar-refractivity contribution < 1.29 is 28.2 Å². The van der Waals surface area contributed by atoms with Crippen molar-refractivity contribution in [1.29, 1.82) is 0 Å². The number of rotatable bonds is 2. The first-order chi connectivity index (χ1) is 9.27. The molecule has 0 bridgehead atoms. The molecule has 0 spiro atoms. The number of halogens is 3. The number of hydrogen-bond donors (Lipinski definition) is 2. The lowest BCUT2D eigenvalue weighted by molar-refractivity contribution is -0.137. The number of benzene rings is 2. The topological polar surface area (TPSA) is 57.5 Å². The van der Waals surface area contributed by atoms with Crippen LogP contribution in [0.2, 0.25) is 0 Å². The van der Waals surface area contributed by atoms with Crippen LogP contribution in [0.15, 0.2) is 42.5 Å². The zero-order valence-electron chi connectivity index (χ0n) is 9.98. The average molecular weight is 282 g/mol. The van der Waals surface area contributed by atoms with Gasteiger partial charge in [0.1, 0.15) is 5.75 Å². The maximum absolute atomic E-state index is 12.6. The van der Waals surface area contributed by atoms with E-state index in [-0.39, 0.29) is 22.4 Å². The Balaban J connectivity index is 2.54. The average Bonchev–Trinajstić information content (AvgIpc) is 2.37. The highest BCUT2D eigenvalue weighted by Gasteiger charge is 2.30. The second-order valence-electron chi connectivity index (χ2n) is 4.15. The van der Waals surface area contributed by atoms with Crippen LogP contribution in [-0.2, 0) is 6.18 Å². The zero-order chi connectivity index (χ0) is 14.9. The number of phenolic OH excluding ortho intramolecular Hbond substituents is 1. The fourth-order valence-electron chi connectivity index (χ4n) is 1.78. The third-order valence-electron chi connectivity index (χ3n) is 2.69. The molecule has 0 saturated carbocycles. The second-order valence-corrected chi connectivity index (χ2v) is 4.15. The third kappa shape index (κ3) is 2.90. The Morgan fingerprint density at radius 1 is 1.00 bits per heavy atom. The third-order valence-corrected chi connectivity index (χ3v) is 2.69. The molecular weight excluding hydrogens is 273 g/mol. The van der Waals surface area contributed by atoms with Crippen LogP contribution in [0, 0.1) is 0 Å². The molecule has 0 unspecified atom stereocenters. The van der Waals surface area contributed by atoms with Gasteiger partial charge in [-0.2, -0.15) is 13.2 Å². The fraction of sp³-hybridized carbons (Fsp3) is 0.0714. The van der Waals surface area contributed by atoms with Crippen molar-refractivity contribution in [3.8, 4) is 16.9 Å².